The fourth-order valence-electron chi connectivity index (χ4n) is 5.44. The Morgan fingerprint density at radius 2 is 1.64 bits per heavy atom. The van der Waals surface area contributed by atoms with Crippen molar-refractivity contribution in [3.8, 4) is 0 Å². The van der Waals surface area contributed by atoms with E-state index in [1.165, 1.54) is 19.0 Å². The zero-order valence-electron chi connectivity index (χ0n) is 25.6. The molecule has 3 aromatic carbocycles. The number of halogens is 2. The first-order chi connectivity index (χ1) is 20.9. The molecule has 44 heavy (non-hydrogen) atoms. The molecule has 0 aliphatic heterocycles. The molecular weight excluding hydrogens is 619 g/mol. The van der Waals surface area contributed by atoms with Crippen molar-refractivity contribution >= 4 is 50.9 Å². The lowest BCUT2D eigenvalue weighted by Gasteiger charge is -2.35. The first-order valence-corrected chi connectivity index (χ1v) is 16.9. The number of nitrogens with zero attached hydrogens (tertiary/aromatic N) is 3. The predicted molar refractivity (Wildman–Crippen MR) is 177 cm³/mol. The van der Waals surface area contributed by atoms with Crippen LogP contribution in [0.1, 0.15) is 47.9 Å². The van der Waals surface area contributed by atoms with Crippen LogP contribution < -0.4 is 9.62 Å². The molecule has 11 heteroatoms. The second-order valence-corrected chi connectivity index (χ2v) is 14.4. The van der Waals surface area contributed by atoms with Crippen LogP contribution in [-0.2, 0) is 32.8 Å². The predicted octanol–water partition coefficient (Wildman–Crippen LogP) is 5.92. The van der Waals surface area contributed by atoms with Crippen LogP contribution in [-0.4, -0.2) is 62.2 Å². The lowest BCUT2D eigenvalue weighted by Crippen LogP contribution is -2.55. The minimum atomic E-state index is -4.09. The van der Waals surface area contributed by atoms with Crippen LogP contribution in [0, 0.1) is 13.8 Å². The Labute approximate surface area is 271 Å². The molecule has 1 saturated carbocycles. The largest absolute Gasteiger partial charge is 0.352 e. The van der Waals surface area contributed by atoms with Gasteiger partial charge in [0.05, 0.1) is 5.69 Å². The number of hydrogen-bond acceptors (Lipinski definition) is 4. The molecule has 4 rings (SSSR count). The third kappa shape index (κ3) is 8.33. The van der Waals surface area contributed by atoms with E-state index in [1.807, 2.05) is 49.4 Å². The van der Waals surface area contributed by atoms with Gasteiger partial charge >= 0.3 is 10.2 Å². The van der Waals surface area contributed by atoms with Crippen molar-refractivity contribution < 1.29 is 18.0 Å². The Morgan fingerprint density at radius 3 is 2.27 bits per heavy atom. The van der Waals surface area contributed by atoms with Gasteiger partial charge in [0.1, 0.15) is 12.6 Å². The van der Waals surface area contributed by atoms with Crippen molar-refractivity contribution in [1.82, 2.24) is 14.5 Å². The van der Waals surface area contributed by atoms with Crippen LogP contribution in [0.2, 0.25) is 10.0 Å². The summed E-state index contributed by atoms with van der Waals surface area (Å²) in [4.78, 5) is 30.0. The van der Waals surface area contributed by atoms with Crippen molar-refractivity contribution in [2.24, 2.45) is 0 Å². The van der Waals surface area contributed by atoms with Gasteiger partial charge in [0, 0.05) is 43.1 Å². The summed E-state index contributed by atoms with van der Waals surface area (Å²) in [5, 5.41) is 3.95. The summed E-state index contributed by atoms with van der Waals surface area (Å²) in [6.07, 6.45) is 4.06. The van der Waals surface area contributed by atoms with Gasteiger partial charge in [-0.2, -0.15) is 12.7 Å². The fourth-order valence-corrected chi connectivity index (χ4v) is 7.03. The zero-order chi connectivity index (χ0) is 32.0. The summed E-state index contributed by atoms with van der Waals surface area (Å²) in [6, 6.07) is 19.0. The average Bonchev–Trinajstić information content (AvgIpc) is 3.49. The molecule has 1 aliphatic rings. The maximum atomic E-state index is 14.5. The van der Waals surface area contributed by atoms with E-state index in [1.54, 1.807) is 31.2 Å². The maximum Gasteiger partial charge on any atom is 0.304 e. The first-order valence-electron chi connectivity index (χ1n) is 14.7. The van der Waals surface area contributed by atoms with Crippen LogP contribution >= 0.6 is 23.2 Å². The van der Waals surface area contributed by atoms with Crippen LogP contribution in [0.4, 0.5) is 5.69 Å². The number of amides is 2. The lowest BCUT2D eigenvalue weighted by molar-refractivity contribution is -0.140. The summed E-state index contributed by atoms with van der Waals surface area (Å²) >= 11 is 12.7. The molecule has 1 atom stereocenters. The number of aryl methyl sites for hydroxylation is 2. The Bertz CT molecular complexity index is 1580. The van der Waals surface area contributed by atoms with E-state index >= 15 is 0 Å². The van der Waals surface area contributed by atoms with E-state index in [9.17, 15) is 18.0 Å². The molecule has 8 nitrogen and oxygen atoms in total. The normalized spacial score (nSPS) is 14.4. The van der Waals surface area contributed by atoms with Crippen molar-refractivity contribution in [3.05, 3.63) is 99.0 Å². The molecule has 1 N–H and O–H groups in total. The molecule has 3 aromatic rings. The molecule has 0 unspecified atom stereocenters. The second-order valence-electron chi connectivity index (χ2n) is 11.5. The van der Waals surface area contributed by atoms with Gasteiger partial charge in [-0.3, -0.25) is 9.59 Å². The molecule has 0 bridgehead atoms. The highest BCUT2D eigenvalue weighted by atomic mass is 35.5. The Hall–Kier alpha value is -3.11. The highest BCUT2D eigenvalue weighted by Gasteiger charge is 2.36. The SMILES string of the molecule is Cc1ccc(C)c(N(CC(=O)N(Cc2ccc(Cl)cc2Cl)[C@@H](Cc2ccccc2)C(=O)NC2CCCC2)S(=O)(=O)N(C)C)c1. The van der Waals surface area contributed by atoms with Gasteiger partial charge in [-0.15, -0.1) is 0 Å². The maximum absolute atomic E-state index is 14.5. The molecular formula is C33H40Cl2N4O4S. The Morgan fingerprint density at radius 1 is 0.955 bits per heavy atom. The second kappa shape index (κ2) is 14.8. The van der Waals surface area contributed by atoms with Crippen LogP contribution in [0.5, 0.6) is 0 Å². The Balaban J connectivity index is 1.80. The van der Waals surface area contributed by atoms with Gasteiger partial charge in [-0.05, 0) is 67.1 Å². The number of carbonyl (C=O) groups is 2. The molecule has 0 spiro atoms. The van der Waals surface area contributed by atoms with E-state index in [-0.39, 0.29) is 24.9 Å². The Kier molecular flexibility index (Phi) is 11.3. The fraction of sp³-hybridized carbons (Fsp3) is 0.394. The first kappa shape index (κ1) is 33.8. The van der Waals surface area contributed by atoms with E-state index in [0.717, 1.165) is 45.4 Å². The summed E-state index contributed by atoms with van der Waals surface area (Å²) in [5.41, 5.74) is 3.39. The van der Waals surface area contributed by atoms with Gasteiger partial charge in [0.15, 0.2) is 0 Å². The minimum absolute atomic E-state index is 0.0208. The monoisotopic (exact) mass is 658 g/mol. The molecule has 0 aromatic heterocycles. The molecule has 1 aliphatic carbocycles. The number of anilines is 1. The topological polar surface area (TPSA) is 90.0 Å². The van der Waals surface area contributed by atoms with Crippen LogP contribution in [0.25, 0.3) is 0 Å². The van der Waals surface area contributed by atoms with Crippen molar-refractivity contribution in [3.63, 3.8) is 0 Å². The molecule has 2 amide bonds. The van der Waals surface area contributed by atoms with Gasteiger partial charge in [-0.1, -0.05) is 84.6 Å². The summed E-state index contributed by atoms with van der Waals surface area (Å²) in [7, 11) is -1.24. The van der Waals surface area contributed by atoms with Gasteiger partial charge < -0.3 is 10.2 Å². The minimum Gasteiger partial charge on any atom is -0.352 e. The summed E-state index contributed by atoms with van der Waals surface area (Å²) in [6.45, 7) is 3.13. The molecule has 0 saturated heterocycles. The third-order valence-electron chi connectivity index (χ3n) is 7.98. The third-order valence-corrected chi connectivity index (χ3v) is 10.4. The number of carbonyl (C=O) groups excluding carboxylic acids is 2. The van der Waals surface area contributed by atoms with Crippen LogP contribution in [0.3, 0.4) is 0 Å². The van der Waals surface area contributed by atoms with Gasteiger partial charge in [-0.25, -0.2) is 4.31 Å². The van der Waals surface area contributed by atoms with E-state index in [0.29, 0.717) is 26.9 Å². The standard InChI is InChI=1S/C33H40Cl2N4O4S/c1-23-14-15-24(2)30(18-23)39(44(42,43)37(3)4)22-32(40)38(21-26-16-17-27(34)20-29(26)35)31(19-25-10-6-5-7-11-25)33(41)36-28-12-8-9-13-28/h5-7,10-11,14-18,20,28,31H,8-9,12-13,19,21-22H2,1-4H3,(H,36,41)/t31-/m0/s1. The quantitative estimate of drug-likeness (QED) is 0.262. The van der Waals surface area contributed by atoms with Crippen molar-refractivity contribution in [2.45, 2.75) is 64.6 Å². The molecule has 0 radical (unpaired) electrons. The number of benzene rings is 3. The van der Waals surface area contributed by atoms with Crippen molar-refractivity contribution in [2.75, 3.05) is 24.9 Å². The smallest absolute Gasteiger partial charge is 0.304 e. The average molecular weight is 660 g/mol. The molecule has 1 fully saturated rings. The van der Waals surface area contributed by atoms with Gasteiger partial charge in [0.25, 0.3) is 0 Å². The zero-order valence-corrected chi connectivity index (χ0v) is 27.9. The van der Waals surface area contributed by atoms with E-state index in [4.69, 9.17) is 23.2 Å². The number of rotatable bonds is 12. The van der Waals surface area contributed by atoms with Gasteiger partial charge in [0.2, 0.25) is 11.8 Å². The van der Waals surface area contributed by atoms with Crippen LogP contribution in [0.15, 0.2) is 66.7 Å². The van der Waals surface area contributed by atoms with Crippen molar-refractivity contribution in [1.29, 1.82) is 0 Å². The highest BCUT2D eigenvalue weighted by Crippen LogP contribution is 2.28. The highest BCUT2D eigenvalue weighted by molar-refractivity contribution is 7.90. The van der Waals surface area contributed by atoms with E-state index in [2.05, 4.69) is 5.32 Å². The molecule has 0 heterocycles. The summed E-state index contributed by atoms with van der Waals surface area (Å²) in [5.74, 6) is -0.821. The lowest BCUT2D eigenvalue weighted by atomic mass is 10.0. The van der Waals surface area contributed by atoms with E-state index < -0.39 is 28.7 Å². The number of hydrogen-bond donors (Lipinski definition) is 1. The number of nitrogens with one attached hydrogen (secondary N) is 1. The summed E-state index contributed by atoms with van der Waals surface area (Å²) < 4.78 is 29.6. The molecule has 236 valence electrons.